The number of carbonyl (C=O) groups is 1. The van der Waals surface area contributed by atoms with Crippen molar-refractivity contribution in [2.24, 2.45) is 0 Å². The Morgan fingerprint density at radius 1 is 0.596 bits per heavy atom. The van der Waals surface area contributed by atoms with Gasteiger partial charge in [0.2, 0.25) is 0 Å². The van der Waals surface area contributed by atoms with Gasteiger partial charge in [0.25, 0.3) is 0 Å². The van der Waals surface area contributed by atoms with Gasteiger partial charge >= 0.3 is 12.1 Å². The molecule has 0 bridgehead atoms. The summed E-state index contributed by atoms with van der Waals surface area (Å²) in [7, 11) is 0. The lowest BCUT2D eigenvalue weighted by Crippen LogP contribution is -2.28. The Hall–Kier alpha value is -3.39. The van der Waals surface area contributed by atoms with Crippen molar-refractivity contribution in [1.29, 1.82) is 0 Å². The highest BCUT2D eigenvalue weighted by molar-refractivity contribution is 5.90. The minimum absolute atomic E-state index is 0.0924. The number of nitrogens with zero attached hydrogens (tertiary/aromatic N) is 1. The molecule has 8 heteroatoms. The second kappa shape index (κ2) is 25.6. The van der Waals surface area contributed by atoms with Gasteiger partial charge < -0.3 is 14.2 Å². The molecule has 2 aromatic carbocycles. The third-order valence-electron chi connectivity index (χ3n) is 9.48. The average Bonchev–Trinajstić information content (AvgIpc) is 3.15. The lowest BCUT2D eigenvalue weighted by molar-refractivity contribution is -0.214. The van der Waals surface area contributed by atoms with E-state index in [1.165, 1.54) is 83.5 Å². The molecule has 0 radical (unpaired) electrons. The highest BCUT2D eigenvalue weighted by atomic mass is 19.4. The van der Waals surface area contributed by atoms with Gasteiger partial charge in [0, 0.05) is 23.9 Å². The molecule has 5 nitrogen and oxygen atoms in total. The van der Waals surface area contributed by atoms with E-state index in [2.05, 4.69) is 11.9 Å². The van der Waals surface area contributed by atoms with E-state index in [1.807, 2.05) is 54.7 Å². The summed E-state index contributed by atoms with van der Waals surface area (Å²) in [6, 6.07) is 19.4. The fourth-order valence-electron chi connectivity index (χ4n) is 6.08. The largest absolute Gasteiger partial charge is 0.494 e. The molecule has 1 unspecified atom stereocenters. The van der Waals surface area contributed by atoms with E-state index in [0.717, 1.165) is 67.3 Å². The highest BCUT2D eigenvalue weighted by Gasteiger charge is 2.36. The molecule has 0 spiro atoms. The Kier molecular flexibility index (Phi) is 21.1. The number of esters is 1. The van der Waals surface area contributed by atoms with Crippen LogP contribution in [-0.4, -0.2) is 43.1 Å². The average molecular weight is 726 g/mol. The number of aromatic nitrogens is 1. The van der Waals surface area contributed by atoms with Crippen LogP contribution in [0, 0.1) is 0 Å². The maximum atomic E-state index is 12.5. The molecule has 0 aliphatic heterocycles. The predicted molar refractivity (Wildman–Crippen MR) is 206 cm³/mol. The number of benzene rings is 2. The van der Waals surface area contributed by atoms with Crippen molar-refractivity contribution in [2.75, 3.05) is 19.8 Å². The predicted octanol–water partition coefficient (Wildman–Crippen LogP) is 13.4. The van der Waals surface area contributed by atoms with Crippen LogP contribution in [0.4, 0.5) is 13.2 Å². The van der Waals surface area contributed by atoms with Crippen molar-refractivity contribution in [3.63, 3.8) is 0 Å². The fourth-order valence-corrected chi connectivity index (χ4v) is 6.08. The summed E-state index contributed by atoms with van der Waals surface area (Å²) in [6.07, 6.45) is 18.4. The molecule has 0 fully saturated rings. The lowest BCUT2D eigenvalue weighted by atomic mass is 10.0. The molecule has 0 saturated carbocycles. The smallest absolute Gasteiger partial charge is 0.414 e. The first-order chi connectivity index (χ1) is 25.3. The molecule has 0 aliphatic rings. The number of alkyl halides is 3. The van der Waals surface area contributed by atoms with Crippen LogP contribution < -0.4 is 4.74 Å². The van der Waals surface area contributed by atoms with E-state index < -0.39 is 12.3 Å². The first kappa shape index (κ1) is 43.0. The molecule has 1 heterocycles. The zero-order valence-electron chi connectivity index (χ0n) is 31.7. The van der Waals surface area contributed by atoms with Gasteiger partial charge in [-0.3, -0.25) is 4.98 Å². The monoisotopic (exact) mass is 725 g/mol. The normalized spacial score (nSPS) is 12.2. The molecule has 52 heavy (non-hydrogen) atoms. The molecule has 0 amide bonds. The summed E-state index contributed by atoms with van der Waals surface area (Å²) in [4.78, 5) is 17.1. The SMILES string of the molecule is CCCCCCCCCCCCCCCCOc1ccc(-c2ccc(-c3ccc(C(=O)OCCCCCCCOC(C)C(F)(F)F)cc3)cn2)cc1. The molecule has 0 N–H and O–H groups in total. The van der Waals surface area contributed by atoms with Crippen molar-refractivity contribution >= 4 is 5.97 Å². The zero-order chi connectivity index (χ0) is 37.3. The summed E-state index contributed by atoms with van der Waals surface area (Å²) >= 11 is 0. The molecule has 0 saturated heterocycles. The van der Waals surface area contributed by atoms with Gasteiger partial charge in [-0.15, -0.1) is 0 Å². The number of unbranched alkanes of at least 4 members (excludes halogenated alkanes) is 17. The molecule has 288 valence electrons. The molecular formula is C44H62F3NO4. The van der Waals surface area contributed by atoms with Crippen LogP contribution in [0.2, 0.25) is 0 Å². The molecular weight excluding hydrogens is 663 g/mol. The van der Waals surface area contributed by atoms with Crippen LogP contribution >= 0.6 is 0 Å². The number of hydrogen-bond donors (Lipinski definition) is 0. The maximum Gasteiger partial charge on any atom is 0.414 e. The second-order valence-corrected chi connectivity index (χ2v) is 13.9. The van der Waals surface area contributed by atoms with Gasteiger partial charge in [-0.1, -0.05) is 128 Å². The van der Waals surface area contributed by atoms with Crippen LogP contribution in [0.1, 0.15) is 146 Å². The summed E-state index contributed by atoms with van der Waals surface area (Å²) in [5.41, 5.74) is 4.30. The van der Waals surface area contributed by atoms with E-state index in [1.54, 1.807) is 12.1 Å². The minimum Gasteiger partial charge on any atom is -0.494 e. The number of rotatable bonds is 28. The van der Waals surface area contributed by atoms with E-state index in [9.17, 15) is 18.0 Å². The van der Waals surface area contributed by atoms with Crippen molar-refractivity contribution < 1.29 is 32.2 Å². The zero-order valence-corrected chi connectivity index (χ0v) is 31.7. The van der Waals surface area contributed by atoms with Crippen LogP contribution in [0.5, 0.6) is 5.75 Å². The van der Waals surface area contributed by atoms with Gasteiger partial charge in [0.15, 0.2) is 6.10 Å². The van der Waals surface area contributed by atoms with Crippen LogP contribution in [0.25, 0.3) is 22.4 Å². The number of pyridine rings is 1. The van der Waals surface area contributed by atoms with Gasteiger partial charge in [0.05, 0.1) is 24.5 Å². The topological polar surface area (TPSA) is 57.7 Å². The molecule has 1 atom stereocenters. The molecule has 0 aliphatic carbocycles. The fraction of sp³-hybridized carbons (Fsp3) is 0.591. The Balaban J connectivity index is 1.24. The Morgan fingerprint density at radius 2 is 1.08 bits per heavy atom. The first-order valence-electron chi connectivity index (χ1n) is 19.9. The number of carbonyl (C=O) groups excluding carboxylic acids is 1. The van der Waals surface area contributed by atoms with E-state index in [-0.39, 0.29) is 12.6 Å². The quantitative estimate of drug-likeness (QED) is 0.0551. The second-order valence-electron chi connectivity index (χ2n) is 13.9. The van der Waals surface area contributed by atoms with Gasteiger partial charge in [-0.25, -0.2) is 4.79 Å². The Bertz CT molecular complexity index is 1340. The van der Waals surface area contributed by atoms with E-state index >= 15 is 0 Å². The van der Waals surface area contributed by atoms with Crippen LogP contribution in [-0.2, 0) is 9.47 Å². The van der Waals surface area contributed by atoms with E-state index in [0.29, 0.717) is 25.0 Å². The lowest BCUT2D eigenvalue weighted by Gasteiger charge is -2.16. The number of ether oxygens (including phenoxy) is 3. The Morgan fingerprint density at radius 3 is 1.60 bits per heavy atom. The van der Waals surface area contributed by atoms with Crippen molar-refractivity contribution in [3.8, 4) is 28.1 Å². The van der Waals surface area contributed by atoms with Gasteiger partial charge in [0.1, 0.15) is 5.75 Å². The standard InChI is InChI=1S/C44H62F3NO4/c1-3-4-5-6-7-8-9-10-11-12-13-14-16-20-33-51-41-29-26-38(27-30-41)42-31-28-40(35-48-42)37-22-24-39(25-23-37)43(49)52-34-21-18-15-17-19-32-50-36(2)44(45,46)47/h22-31,35-36H,3-21,32-34H2,1-2H3. The van der Waals surface area contributed by atoms with Crippen LogP contribution in [0.3, 0.4) is 0 Å². The summed E-state index contributed by atoms with van der Waals surface area (Å²) in [5.74, 6) is 0.511. The van der Waals surface area contributed by atoms with Gasteiger partial charge in [-0.05, 0) is 74.2 Å². The van der Waals surface area contributed by atoms with Crippen molar-refractivity contribution in [1.82, 2.24) is 4.98 Å². The van der Waals surface area contributed by atoms with E-state index in [4.69, 9.17) is 14.2 Å². The van der Waals surface area contributed by atoms with Crippen LogP contribution in [0.15, 0.2) is 66.9 Å². The third kappa shape index (κ3) is 17.9. The Labute approximate surface area is 311 Å². The third-order valence-corrected chi connectivity index (χ3v) is 9.48. The maximum absolute atomic E-state index is 12.5. The molecule has 3 aromatic rings. The summed E-state index contributed by atoms with van der Waals surface area (Å²) in [5, 5.41) is 0. The number of hydrogen-bond acceptors (Lipinski definition) is 5. The molecule has 1 aromatic heterocycles. The molecule has 3 rings (SSSR count). The van der Waals surface area contributed by atoms with Crippen molar-refractivity contribution in [3.05, 3.63) is 72.4 Å². The highest BCUT2D eigenvalue weighted by Crippen LogP contribution is 2.26. The minimum atomic E-state index is -4.32. The summed E-state index contributed by atoms with van der Waals surface area (Å²) < 4.78 is 53.5. The van der Waals surface area contributed by atoms with Crippen molar-refractivity contribution in [2.45, 2.75) is 148 Å². The number of halogens is 3. The van der Waals surface area contributed by atoms with Gasteiger partial charge in [-0.2, -0.15) is 13.2 Å². The first-order valence-corrected chi connectivity index (χ1v) is 19.9. The summed E-state index contributed by atoms with van der Waals surface area (Å²) in [6.45, 7) is 4.44.